The highest BCUT2D eigenvalue weighted by molar-refractivity contribution is 6.17. The van der Waals surface area contributed by atoms with Gasteiger partial charge in [-0.25, -0.2) is 5.52 Å². The standard InChI is InChI=1S/CH3ClN2/c2-1-4-3/h3H,1H2/b4-3+/i/hD. The highest BCUT2D eigenvalue weighted by atomic mass is 35.5. The van der Waals surface area contributed by atoms with Crippen LogP contribution in [0.15, 0.2) is 5.11 Å². The van der Waals surface area contributed by atoms with Crippen LogP contribution in [-0.2, 0) is 0 Å². The first kappa shape index (κ1) is 2.15. The molecule has 0 aromatic carbocycles. The van der Waals surface area contributed by atoms with Gasteiger partial charge in [-0.1, -0.05) is 11.6 Å². The van der Waals surface area contributed by atoms with Crippen LogP contribution in [0.3, 0.4) is 0 Å². The van der Waals surface area contributed by atoms with Crippen LogP contribution < -0.4 is 0 Å². The lowest BCUT2D eigenvalue weighted by molar-refractivity contribution is 1.05. The van der Waals surface area contributed by atoms with Crippen LogP contribution in [0.2, 0.25) is 1.41 Å². The summed E-state index contributed by atoms with van der Waals surface area (Å²) in [5, 5.41) is 3.03. The number of rotatable bonds is 1. The van der Waals surface area contributed by atoms with E-state index in [1.807, 2.05) is 0 Å². The van der Waals surface area contributed by atoms with Gasteiger partial charge in [-0.05, 0) is 0 Å². The molecule has 24 valence electrons. The van der Waals surface area contributed by atoms with Gasteiger partial charge in [0.25, 0.3) is 0 Å². The quantitative estimate of drug-likeness (QED) is 0.279. The largest absolute Gasteiger partial charge is 0.213 e. The van der Waals surface area contributed by atoms with Gasteiger partial charge < -0.3 is 0 Å². The SMILES string of the molecule is [2H]/N=N/CCl. The highest BCUT2D eigenvalue weighted by Gasteiger charge is 1.49. The van der Waals surface area contributed by atoms with Gasteiger partial charge in [0.1, 0.15) is 6.00 Å². The molecule has 0 rings (SSSR count). The zero-order valence-electron chi connectivity index (χ0n) is 2.98. The third-order valence-corrected chi connectivity index (χ3v) is 0.160. The fourth-order valence-corrected chi connectivity index (χ4v) is 0. The average molecular weight is 79.5 g/mol. The predicted octanol–water partition coefficient (Wildman–Crippen LogP) is 1.21. The van der Waals surface area contributed by atoms with Gasteiger partial charge in [0.05, 0.1) is 0 Å². The Hall–Kier alpha value is -0.110. The van der Waals surface area contributed by atoms with Gasteiger partial charge in [-0.15, -0.1) is 0 Å². The first-order valence-electron chi connectivity index (χ1n) is 1.23. The summed E-state index contributed by atoms with van der Waals surface area (Å²) >= 11 is 4.92. The summed E-state index contributed by atoms with van der Waals surface area (Å²) in [7, 11) is 0. The fourth-order valence-electron chi connectivity index (χ4n) is 0. The Morgan fingerprint density at radius 1 is 2.50 bits per heavy atom. The summed E-state index contributed by atoms with van der Waals surface area (Å²) < 4.78 is 5.98. The van der Waals surface area contributed by atoms with Crippen molar-refractivity contribution < 1.29 is 1.41 Å². The molecule has 0 bridgehead atoms. The first-order valence-corrected chi connectivity index (χ1v) is 1.32. The van der Waals surface area contributed by atoms with Crippen LogP contribution in [0.5, 0.6) is 0 Å². The maximum Gasteiger partial charge on any atom is 0.213 e. The Kier molecular flexibility index (Phi) is 1.55. The van der Waals surface area contributed by atoms with E-state index in [9.17, 15) is 0 Å². The second kappa shape index (κ2) is 2.89. The summed E-state index contributed by atoms with van der Waals surface area (Å²) in [6.45, 7) is 0. The van der Waals surface area contributed by atoms with Crippen LogP contribution in [0, 0.1) is 5.52 Å². The van der Waals surface area contributed by atoms with Crippen molar-refractivity contribution in [3.8, 4) is 0 Å². The van der Waals surface area contributed by atoms with Crippen LogP contribution in [-0.4, -0.2) is 6.00 Å². The molecule has 0 fully saturated rings. The van der Waals surface area contributed by atoms with Crippen LogP contribution in [0.1, 0.15) is 0 Å². The molecule has 0 heterocycles. The minimum Gasteiger partial charge on any atom is -0.209 e. The van der Waals surface area contributed by atoms with Gasteiger partial charge in [0, 0.05) is 0 Å². The Morgan fingerprint density at radius 3 is 3.25 bits per heavy atom. The van der Waals surface area contributed by atoms with Gasteiger partial charge >= 0.3 is 0 Å². The molecule has 0 saturated heterocycles. The topological polar surface area (TPSA) is 36.2 Å². The summed E-state index contributed by atoms with van der Waals surface area (Å²) in [6.07, 6.45) is 0. The maximum atomic E-state index is 5.98. The van der Waals surface area contributed by atoms with Gasteiger partial charge in [0.15, 0.2) is 0 Å². The number of halogens is 1. The number of nitrogens with one attached hydrogen (secondary N) is 1. The molecule has 0 aromatic rings. The average Bonchev–Trinajstić information content (AvgIpc) is 1.41. The molecule has 0 aromatic heterocycles. The fraction of sp³-hybridized carbons (Fsp3) is 1.00. The lowest BCUT2D eigenvalue weighted by atomic mass is 11.5. The van der Waals surface area contributed by atoms with Crippen LogP contribution >= 0.6 is 11.6 Å². The van der Waals surface area contributed by atoms with Gasteiger partial charge in [-0.3, -0.25) is 0 Å². The van der Waals surface area contributed by atoms with Gasteiger partial charge in [-0.2, -0.15) is 5.11 Å². The van der Waals surface area contributed by atoms with Crippen molar-refractivity contribution in [1.82, 2.24) is 0 Å². The first-order chi connectivity index (χ1) is 2.41. The molecular weight excluding hydrogens is 75.5 g/mol. The van der Waals surface area contributed by atoms with Gasteiger partial charge in [0.2, 0.25) is 1.41 Å². The molecule has 0 radical (unpaired) electrons. The van der Waals surface area contributed by atoms with Crippen molar-refractivity contribution in [3.63, 3.8) is 0 Å². The monoisotopic (exact) mass is 79.0 g/mol. The summed E-state index contributed by atoms with van der Waals surface area (Å²) in [4.78, 5) is 0. The van der Waals surface area contributed by atoms with E-state index >= 15 is 0 Å². The molecule has 2 nitrogen and oxygen atoms in total. The molecule has 0 unspecified atom stereocenters. The third-order valence-electron chi connectivity index (χ3n) is 0.0535. The van der Waals surface area contributed by atoms with Crippen molar-refractivity contribution in [2.75, 3.05) is 6.00 Å². The minimum absolute atomic E-state index is 0.0868. The molecule has 0 saturated carbocycles. The molecule has 3 heteroatoms. The number of alkyl halides is 1. The van der Waals surface area contributed by atoms with Crippen LogP contribution in [0.4, 0.5) is 0 Å². The van der Waals surface area contributed by atoms with Crippen molar-refractivity contribution >= 4 is 11.6 Å². The van der Waals surface area contributed by atoms with Crippen molar-refractivity contribution in [2.24, 2.45) is 5.11 Å². The van der Waals surface area contributed by atoms with Crippen molar-refractivity contribution in [1.29, 1.82) is 5.52 Å². The Morgan fingerprint density at radius 2 is 3.25 bits per heavy atom. The number of nitrogens with zero attached hydrogens (tertiary/aromatic N) is 1. The zero-order chi connectivity index (χ0) is 4.12. The van der Waals surface area contributed by atoms with E-state index in [2.05, 4.69) is 10.6 Å². The Balaban J connectivity index is 2.62. The third kappa shape index (κ3) is 1.89. The number of hydrogen-bond donors (Lipinski definition) is 1. The lowest BCUT2D eigenvalue weighted by Crippen LogP contribution is -1.44. The summed E-state index contributed by atoms with van der Waals surface area (Å²) in [5.74, 6) is 0. The molecule has 0 atom stereocenters. The summed E-state index contributed by atoms with van der Waals surface area (Å²) in [5.41, 5.74) is 2.60. The normalized spacial score (nSPS) is 12.8. The molecule has 0 spiro atoms. The van der Waals surface area contributed by atoms with E-state index in [1.54, 1.807) is 0 Å². The number of hydrogen-bond acceptors (Lipinski definition) is 2. The van der Waals surface area contributed by atoms with E-state index in [4.69, 9.17) is 13.0 Å². The second-order valence-electron chi connectivity index (χ2n) is 0.261. The van der Waals surface area contributed by atoms with Crippen molar-refractivity contribution in [3.05, 3.63) is 0 Å². The minimum atomic E-state index is 0.0868. The molecule has 0 aliphatic heterocycles. The van der Waals surface area contributed by atoms with E-state index in [1.165, 1.54) is 0 Å². The molecular formula is CH3ClN2. The van der Waals surface area contributed by atoms with E-state index < -0.39 is 0 Å². The molecule has 0 aliphatic rings. The highest BCUT2D eigenvalue weighted by Crippen LogP contribution is 1.67. The van der Waals surface area contributed by atoms with E-state index in [0.29, 0.717) is 0 Å². The summed E-state index contributed by atoms with van der Waals surface area (Å²) in [6, 6.07) is 0.0868. The maximum absolute atomic E-state index is 5.98. The zero-order valence-corrected chi connectivity index (χ0v) is 2.74. The van der Waals surface area contributed by atoms with E-state index in [-0.39, 0.29) is 6.00 Å². The molecule has 0 aliphatic carbocycles. The van der Waals surface area contributed by atoms with Crippen molar-refractivity contribution in [2.45, 2.75) is 0 Å². The van der Waals surface area contributed by atoms with Crippen LogP contribution in [0.25, 0.3) is 0 Å². The Bertz CT molecular complexity index is 36.6. The lowest BCUT2D eigenvalue weighted by Gasteiger charge is -1.55. The second-order valence-corrected chi connectivity index (χ2v) is 0.500. The Labute approximate surface area is 30.7 Å². The molecule has 0 amide bonds. The molecule has 4 heavy (non-hydrogen) atoms. The van der Waals surface area contributed by atoms with E-state index in [0.717, 1.165) is 0 Å². The smallest absolute Gasteiger partial charge is 0.209 e. The molecule has 1 N–H and O–H groups in total. The predicted molar refractivity (Wildman–Crippen MR) is 15.9 cm³/mol.